The molecule has 2 saturated carbocycles. The molecule has 1 aromatic carbocycles. The van der Waals surface area contributed by atoms with Gasteiger partial charge >= 0.3 is 0 Å². The first-order chi connectivity index (χ1) is 13.4. The van der Waals surface area contributed by atoms with E-state index in [0.29, 0.717) is 24.2 Å². The van der Waals surface area contributed by atoms with E-state index in [2.05, 4.69) is 25.7 Å². The number of aliphatic hydroxyl groups is 1. The van der Waals surface area contributed by atoms with Gasteiger partial charge in [-0.2, -0.15) is 0 Å². The maximum absolute atomic E-state index is 13.0. The fourth-order valence-electron chi connectivity index (χ4n) is 4.38. The lowest BCUT2D eigenvalue weighted by atomic mass is 9.80. The Morgan fingerprint density at radius 1 is 1.32 bits per heavy atom. The predicted molar refractivity (Wildman–Crippen MR) is 112 cm³/mol. The zero-order valence-electron chi connectivity index (χ0n) is 16.8. The molecule has 4 heteroatoms. The zero-order valence-corrected chi connectivity index (χ0v) is 16.8. The van der Waals surface area contributed by atoms with Gasteiger partial charge in [-0.1, -0.05) is 24.3 Å². The molecule has 3 nitrogen and oxygen atoms in total. The minimum Gasteiger partial charge on any atom is -0.493 e. The van der Waals surface area contributed by atoms with Crippen LogP contribution in [-0.2, 0) is 0 Å². The maximum atomic E-state index is 13.0. The lowest BCUT2D eigenvalue weighted by molar-refractivity contribution is 0.197. The third-order valence-corrected chi connectivity index (χ3v) is 6.23. The van der Waals surface area contributed by atoms with E-state index in [1.165, 1.54) is 23.3 Å². The Balaban J connectivity index is 1.56. The van der Waals surface area contributed by atoms with Crippen LogP contribution in [0.25, 0.3) is 0 Å². The Morgan fingerprint density at radius 3 is 2.71 bits per heavy atom. The summed E-state index contributed by atoms with van der Waals surface area (Å²) >= 11 is 0. The molecule has 0 amide bonds. The first kappa shape index (κ1) is 20.8. The highest BCUT2D eigenvalue weighted by Gasteiger charge is 2.36. The van der Waals surface area contributed by atoms with E-state index in [-0.39, 0.29) is 12.4 Å². The number of aliphatic hydroxyl groups excluding tert-OH is 1. The fourth-order valence-corrected chi connectivity index (χ4v) is 4.38. The highest BCUT2D eigenvalue weighted by Crippen LogP contribution is 2.39. The third-order valence-electron chi connectivity index (χ3n) is 6.23. The number of rotatable bonds is 6. The topological polar surface area (TPSA) is 55.5 Å². The van der Waals surface area contributed by atoms with E-state index >= 15 is 0 Å². The molecule has 3 N–H and O–H groups in total. The van der Waals surface area contributed by atoms with Crippen LogP contribution >= 0.6 is 0 Å². The molecular weight excluding hydrogens is 353 g/mol. The van der Waals surface area contributed by atoms with Crippen molar-refractivity contribution in [1.29, 1.82) is 0 Å². The Hall–Kier alpha value is -1.91. The average Bonchev–Trinajstić information content (AvgIpc) is 3.11. The molecule has 28 heavy (non-hydrogen) atoms. The van der Waals surface area contributed by atoms with Crippen LogP contribution < -0.4 is 10.5 Å². The molecule has 0 aliphatic heterocycles. The minimum atomic E-state index is -0.440. The minimum absolute atomic E-state index is 0.0448. The molecule has 0 aromatic heterocycles. The van der Waals surface area contributed by atoms with Crippen molar-refractivity contribution in [3.63, 3.8) is 0 Å². The first-order valence-corrected chi connectivity index (χ1v) is 10.3. The number of hydrogen-bond donors (Lipinski definition) is 2. The Bertz CT molecular complexity index is 752. The lowest BCUT2D eigenvalue weighted by Crippen LogP contribution is -2.40. The normalized spacial score (nSPS) is 30.7. The van der Waals surface area contributed by atoms with Gasteiger partial charge in [0.05, 0.1) is 13.2 Å². The van der Waals surface area contributed by atoms with E-state index < -0.39 is 5.54 Å². The van der Waals surface area contributed by atoms with Gasteiger partial charge in [-0.3, -0.25) is 0 Å². The second-order valence-electron chi connectivity index (χ2n) is 8.39. The van der Waals surface area contributed by atoms with Crippen LogP contribution in [0.2, 0.25) is 0 Å². The summed E-state index contributed by atoms with van der Waals surface area (Å²) in [5.41, 5.74) is 9.64. The largest absolute Gasteiger partial charge is 0.493 e. The van der Waals surface area contributed by atoms with Crippen molar-refractivity contribution in [2.45, 2.75) is 51.0 Å². The number of benzene rings is 1. The summed E-state index contributed by atoms with van der Waals surface area (Å²) in [7, 11) is 0. The van der Waals surface area contributed by atoms with Gasteiger partial charge in [-0.25, -0.2) is 4.39 Å². The Morgan fingerprint density at radius 2 is 2.07 bits per heavy atom. The number of halogens is 1. The molecule has 0 heterocycles. The van der Waals surface area contributed by atoms with Crippen molar-refractivity contribution in [2.75, 3.05) is 13.2 Å². The average molecular weight is 386 g/mol. The summed E-state index contributed by atoms with van der Waals surface area (Å²) in [5, 5.41) is 9.49. The van der Waals surface area contributed by atoms with Gasteiger partial charge < -0.3 is 15.6 Å². The van der Waals surface area contributed by atoms with E-state index in [4.69, 9.17) is 10.5 Å². The van der Waals surface area contributed by atoms with Gasteiger partial charge in [0.25, 0.3) is 0 Å². The zero-order chi connectivity index (χ0) is 20.1. The smallest absolute Gasteiger partial charge is 0.123 e. The third kappa shape index (κ3) is 5.12. The molecule has 2 aliphatic rings. The van der Waals surface area contributed by atoms with Crippen molar-refractivity contribution in [3.05, 3.63) is 65.5 Å². The maximum Gasteiger partial charge on any atom is 0.123 e. The van der Waals surface area contributed by atoms with E-state index in [0.717, 1.165) is 44.1 Å². The number of allylic oxidation sites excluding steroid dienone is 5. The number of hydrogen-bond acceptors (Lipinski definition) is 3. The van der Waals surface area contributed by atoms with E-state index in [1.54, 1.807) is 12.1 Å². The first-order valence-electron chi connectivity index (χ1n) is 10.3. The summed E-state index contributed by atoms with van der Waals surface area (Å²) in [4.78, 5) is 0. The summed E-state index contributed by atoms with van der Waals surface area (Å²) < 4.78 is 18.9. The summed E-state index contributed by atoms with van der Waals surface area (Å²) in [5.74, 6) is 1.29. The Kier molecular flexibility index (Phi) is 6.73. The molecule has 1 unspecified atom stereocenters. The molecular formula is C24H32FNO2. The molecule has 152 valence electrons. The quantitative estimate of drug-likeness (QED) is 0.730. The van der Waals surface area contributed by atoms with Gasteiger partial charge in [-0.15, -0.1) is 0 Å². The standard InChI is InChI=1S/C24H32FNO2/c1-3-19-13-18(15-28-23-8-6-22(25)7-9-23)4-5-20(19)12-17(2)21-10-11-24(26,14-21)16-27/h3,6-9,12,18,21,27H,2,4-5,10-11,13-16,26H2,1H3/b19-3-,20-12-/t18?,21-,24+/m0/s1. The molecule has 3 atom stereocenters. The van der Waals surface area contributed by atoms with Crippen LogP contribution in [0.3, 0.4) is 0 Å². The molecule has 0 bridgehead atoms. The lowest BCUT2D eigenvalue weighted by Gasteiger charge is -2.27. The van der Waals surface area contributed by atoms with Crippen molar-refractivity contribution in [1.82, 2.24) is 0 Å². The summed E-state index contributed by atoms with van der Waals surface area (Å²) in [6.07, 6.45) is 10.2. The summed E-state index contributed by atoms with van der Waals surface area (Å²) in [6, 6.07) is 6.21. The molecule has 3 rings (SSSR count). The monoisotopic (exact) mass is 385 g/mol. The van der Waals surface area contributed by atoms with Gasteiger partial charge in [0.2, 0.25) is 0 Å². The van der Waals surface area contributed by atoms with E-state index in [1.807, 2.05) is 0 Å². The molecule has 2 aliphatic carbocycles. The molecule has 1 aromatic rings. The van der Waals surface area contributed by atoms with Crippen molar-refractivity contribution < 1.29 is 14.2 Å². The number of nitrogens with two attached hydrogens (primary N) is 1. The Labute approximate surface area is 167 Å². The molecule has 0 saturated heterocycles. The van der Waals surface area contributed by atoms with Gasteiger partial charge in [0.15, 0.2) is 0 Å². The second kappa shape index (κ2) is 9.06. The summed E-state index contributed by atoms with van der Waals surface area (Å²) in [6.45, 7) is 7.08. The van der Waals surface area contributed by atoms with Crippen LogP contribution in [0.1, 0.15) is 45.4 Å². The van der Waals surface area contributed by atoms with Crippen molar-refractivity contribution >= 4 is 0 Å². The van der Waals surface area contributed by atoms with Crippen LogP contribution in [-0.4, -0.2) is 23.9 Å². The van der Waals surface area contributed by atoms with Crippen LogP contribution in [0.15, 0.2) is 59.7 Å². The van der Waals surface area contributed by atoms with Crippen LogP contribution in [0.4, 0.5) is 4.39 Å². The second-order valence-corrected chi connectivity index (χ2v) is 8.39. The predicted octanol–water partition coefficient (Wildman–Crippen LogP) is 4.92. The molecule has 0 radical (unpaired) electrons. The number of ether oxygens (including phenoxy) is 1. The van der Waals surface area contributed by atoms with Crippen LogP contribution in [0.5, 0.6) is 5.75 Å². The molecule has 2 fully saturated rings. The van der Waals surface area contributed by atoms with Crippen LogP contribution in [0, 0.1) is 17.7 Å². The van der Waals surface area contributed by atoms with Gasteiger partial charge in [-0.05, 0) is 92.7 Å². The highest BCUT2D eigenvalue weighted by molar-refractivity contribution is 5.39. The van der Waals surface area contributed by atoms with Crippen molar-refractivity contribution in [2.24, 2.45) is 17.6 Å². The highest BCUT2D eigenvalue weighted by atomic mass is 19.1. The van der Waals surface area contributed by atoms with E-state index in [9.17, 15) is 9.50 Å². The molecule has 0 spiro atoms. The fraction of sp³-hybridized carbons (Fsp3) is 0.500. The van der Waals surface area contributed by atoms with Gasteiger partial charge in [0, 0.05) is 5.54 Å². The van der Waals surface area contributed by atoms with Crippen molar-refractivity contribution in [3.8, 4) is 5.75 Å². The van der Waals surface area contributed by atoms with Gasteiger partial charge in [0.1, 0.15) is 11.6 Å². The SMILES string of the molecule is C=C(/C=C1/CCC(COc2ccc(F)cc2)C/C1=C/C)[C@H]1CC[C@](N)(CO)C1.